The zero-order chi connectivity index (χ0) is 15.9. The van der Waals surface area contributed by atoms with Crippen molar-refractivity contribution >= 4 is 12.0 Å². The average Bonchev–Trinajstić information content (AvgIpc) is 2.53. The molecule has 0 aliphatic heterocycles. The summed E-state index contributed by atoms with van der Waals surface area (Å²) >= 11 is 0. The van der Waals surface area contributed by atoms with Crippen molar-refractivity contribution in [3.05, 3.63) is 29.8 Å². The lowest BCUT2D eigenvalue weighted by Crippen LogP contribution is -2.32. The molecular formula is C17H24N2O3. The summed E-state index contributed by atoms with van der Waals surface area (Å²) in [5, 5.41) is 2.82. The predicted octanol–water partition coefficient (Wildman–Crippen LogP) is 3.06. The molecule has 1 saturated carbocycles. The van der Waals surface area contributed by atoms with Gasteiger partial charge in [-0.2, -0.15) is 0 Å². The van der Waals surface area contributed by atoms with Crippen molar-refractivity contribution in [3.63, 3.8) is 0 Å². The highest BCUT2D eigenvalue weighted by molar-refractivity contribution is 5.94. The van der Waals surface area contributed by atoms with E-state index in [1.165, 1.54) is 37.0 Å². The van der Waals surface area contributed by atoms with Gasteiger partial charge in [0.25, 0.3) is 5.91 Å². The van der Waals surface area contributed by atoms with Crippen molar-refractivity contribution in [2.24, 2.45) is 5.92 Å². The molecule has 2 rings (SSSR count). The highest BCUT2D eigenvalue weighted by atomic mass is 16.6. The number of amides is 2. The summed E-state index contributed by atoms with van der Waals surface area (Å²) < 4.78 is 5.26. The Kier molecular flexibility index (Phi) is 5.81. The van der Waals surface area contributed by atoms with E-state index in [0.29, 0.717) is 23.8 Å². The third kappa shape index (κ3) is 4.76. The van der Waals surface area contributed by atoms with Crippen molar-refractivity contribution in [3.8, 4) is 5.75 Å². The summed E-state index contributed by atoms with van der Waals surface area (Å²) in [7, 11) is 3.37. The van der Waals surface area contributed by atoms with Crippen molar-refractivity contribution in [1.29, 1.82) is 0 Å². The molecule has 0 heterocycles. The SMILES string of the molecule is CN(C)C(=O)c1cccc(OC(=O)NCC2CCCCC2)c1. The van der Waals surface area contributed by atoms with Gasteiger partial charge >= 0.3 is 6.09 Å². The van der Waals surface area contributed by atoms with Gasteiger partial charge in [0.15, 0.2) is 0 Å². The second-order valence-corrected chi connectivity index (χ2v) is 6.00. The van der Waals surface area contributed by atoms with Crippen LogP contribution in [0.25, 0.3) is 0 Å². The van der Waals surface area contributed by atoms with Crippen molar-refractivity contribution in [1.82, 2.24) is 10.2 Å². The number of carbonyl (C=O) groups excluding carboxylic acids is 2. The van der Waals surface area contributed by atoms with Crippen LogP contribution in [0.4, 0.5) is 4.79 Å². The number of nitrogens with zero attached hydrogens (tertiary/aromatic N) is 1. The van der Waals surface area contributed by atoms with Gasteiger partial charge in [-0.1, -0.05) is 25.3 Å². The second-order valence-electron chi connectivity index (χ2n) is 6.00. The first-order valence-electron chi connectivity index (χ1n) is 7.83. The number of carbonyl (C=O) groups is 2. The van der Waals surface area contributed by atoms with E-state index in [4.69, 9.17) is 4.74 Å². The Bertz CT molecular complexity index is 522. The monoisotopic (exact) mass is 304 g/mol. The average molecular weight is 304 g/mol. The van der Waals surface area contributed by atoms with Gasteiger partial charge in [0, 0.05) is 26.2 Å². The van der Waals surface area contributed by atoms with Crippen LogP contribution in [0.3, 0.4) is 0 Å². The van der Waals surface area contributed by atoms with E-state index in [1.54, 1.807) is 38.4 Å². The topological polar surface area (TPSA) is 58.6 Å². The number of ether oxygens (including phenoxy) is 1. The van der Waals surface area contributed by atoms with Crippen LogP contribution in [0.2, 0.25) is 0 Å². The lowest BCUT2D eigenvalue weighted by molar-refractivity contribution is 0.0827. The number of rotatable bonds is 4. The molecule has 0 aromatic heterocycles. The van der Waals surface area contributed by atoms with Gasteiger partial charge in [-0.15, -0.1) is 0 Å². The minimum atomic E-state index is -0.458. The summed E-state index contributed by atoms with van der Waals surface area (Å²) in [5.41, 5.74) is 0.502. The molecule has 5 nitrogen and oxygen atoms in total. The summed E-state index contributed by atoms with van der Waals surface area (Å²) in [6, 6.07) is 6.67. The van der Waals surface area contributed by atoms with Crippen LogP contribution >= 0.6 is 0 Å². The normalized spacial score (nSPS) is 15.2. The molecule has 120 valence electrons. The molecule has 1 aliphatic carbocycles. The minimum absolute atomic E-state index is 0.118. The molecule has 0 unspecified atom stereocenters. The maximum Gasteiger partial charge on any atom is 0.412 e. The molecule has 1 fully saturated rings. The van der Waals surface area contributed by atoms with Gasteiger partial charge < -0.3 is 15.0 Å². The lowest BCUT2D eigenvalue weighted by Gasteiger charge is -2.21. The van der Waals surface area contributed by atoms with Crippen molar-refractivity contribution in [2.45, 2.75) is 32.1 Å². The van der Waals surface area contributed by atoms with E-state index in [1.807, 2.05) is 0 Å². The predicted molar refractivity (Wildman–Crippen MR) is 85.1 cm³/mol. The van der Waals surface area contributed by atoms with Gasteiger partial charge in [-0.25, -0.2) is 4.79 Å². The van der Waals surface area contributed by atoms with E-state index >= 15 is 0 Å². The molecule has 0 saturated heterocycles. The molecule has 0 bridgehead atoms. The largest absolute Gasteiger partial charge is 0.412 e. The Labute approximate surface area is 131 Å². The number of benzene rings is 1. The zero-order valence-electron chi connectivity index (χ0n) is 13.3. The molecule has 22 heavy (non-hydrogen) atoms. The maximum absolute atomic E-state index is 11.9. The summed E-state index contributed by atoms with van der Waals surface area (Å²) in [6.45, 7) is 0.662. The summed E-state index contributed by atoms with van der Waals surface area (Å²) in [5.74, 6) is 0.824. The Balaban J connectivity index is 1.85. The van der Waals surface area contributed by atoms with Crippen LogP contribution in [0.15, 0.2) is 24.3 Å². The van der Waals surface area contributed by atoms with Crippen LogP contribution < -0.4 is 10.1 Å². The number of nitrogens with one attached hydrogen (secondary N) is 1. The highest BCUT2D eigenvalue weighted by Gasteiger charge is 2.15. The Morgan fingerprint density at radius 1 is 1.23 bits per heavy atom. The molecule has 2 amide bonds. The van der Waals surface area contributed by atoms with E-state index in [9.17, 15) is 9.59 Å². The first-order chi connectivity index (χ1) is 10.6. The van der Waals surface area contributed by atoms with Crippen LogP contribution in [-0.2, 0) is 0 Å². The fourth-order valence-electron chi connectivity index (χ4n) is 2.71. The fourth-order valence-corrected chi connectivity index (χ4v) is 2.71. The summed E-state index contributed by atoms with van der Waals surface area (Å²) in [4.78, 5) is 25.2. The lowest BCUT2D eigenvalue weighted by atomic mass is 9.89. The second kappa shape index (κ2) is 7.82. The van der Waals surface area contributed by atoms with Gasteiger partial charge in [-0.05, 0) is 37.0 Å². The first-order valence-corrected chi connectivity index (χ1v) is 7.83. The molecule has 0 atom stereocenters. The number of hydrogen-bond acceptors (Lipinski definition) is 3. The molecule has 5 heteroatoms. The van der Waals surface area contributed by atoms with Crippen molar-refractivity contribution < 1.29 is 14.3 Å². The van der Waals surface area contributed by atoms with Crippen LogP contribution in [0, 0.1) is 5.92 Å². The molecule has 1 aromatic rings. The van der Waals surface area contributed by atoms with Gasteiger partial charge in [-0.3, -0.25) is 4.79 Å². The summed E-state index contributed by atoms with van der Waals surface area (Å²) in [6.07, 6.45) is 5.68. The molecule has 0 radical (unpaired) electrons. The third-order valence-electron chi connectivity index (χ3n) is 3.96. The van der Waals surface area contributed by atoms with Gasteiger partial charge in [0.2, 0.25) is 0 Å². The fraction of sp³-hybridized carbons (Fsp3) is 0.529. The van der Waals surface area contributed by atoms with Crippen LogP contribution in [-0.4, -0.2) is 37.5 Å². The van der Waals surface area contributed by atoms with Gasteiger partial charge in [0.05, 0.1) is 0 Å². The van der Waals surface area contributed by atoms with Crippen LogP contribution in [0.1, 0.15) is 42.5 Å². The molecule has 1 N–H and O–H groups in total. The Morgan fingerprint density at radius 2 is 1.95 bits per heavy atom. The van der Waals surface area contributed by atoms with E-state index in [2.05, 4.69) is 5.32 Å². The smallest absolute Gasteiger partial charge is 0.410 e. The minimum Gasteiger partial charge on any atom is -0.410 e. The standard InChI is InChI=1S/C17H24N2O3/c1-19(2)16(20)14-9-6-10-15(11-14)22-17(21)18-12-13-7-4-3-5-8-13/h6,9-11,13H,3-5,7-8,12H2,1-2H3,(H,18,21). The van der Waals surface area contributed by atoms with E-state index in [0.717, 1.165) is 0 Å². The first kappa shape index (κ1) is 16.3. The van der Waals surface area contributed by atoms with E-state index in [-0.39, 0.29) is 5.91 Å². The highest BCUT2D eigenvalue weighted by Crippen LogP contribution is 2.22. The molecule has 1 aliphatic rings. The quantitative estimate of drug-likeness (QED) is 0.930. The van der Waals surface area contributed by atoms with Gasteiger partial charge in [0.1, 0.15) is 5.75 Å². The van der Waals surface area contributed by atoms with Crippen molar-refractivity contribution in [2.75, 3.05) is 20.6 Å². The Morgan fingerprint density at radius 3 is 2.64 bits per heavy atom. The molecule has 0 spiro atoms. The zero-order valence-corrected chi connectivity index (χ0v) is 13.3. The molecule has 1 aromatic carbocycles. The number of hydrogen-bond donors (Lipinski definition) is 1. The van der Waals surface area contributed by atoms with E-state index < -0.39 is 6.09 Å². The maximum atomic E-state index is 11.9. The third-order valence-corrected chi connectivity index (χ3v) is 3.96. The van der Waals surface area contributed by atoms with Crippen LogP contribution in [0.5, 0.6) is 5.75 Å². The molecular weight excluding hydrogens is 280 g/mol. The Hall–Kier alpha value is -2.04.